The molecule has 0 aromatic carbocycles. The number of aliphatic carboxylic acids is 2. The quantitative estimate of drug-likeness (QED) is 0.298. The highest BCUT2D eigenvalue weighted by Crippen LogP contribution is 2.01. The molecule has 0 aromatic rings. The van der Waals surface area contributed by atoms with Crippen LogP contribution in [0.3, 0.4) is 0 Å². The lowest BCUT2D eigenvalue weighted by Crippen LogP contribution is -2.48. The van der Waals surface area contributed by atoms with Gasteiger partial charge in [0.05, 0.1) is 19.6 Å². The van der Waals surface area contributed by atoms with Gasteiger partial charge in [-0.25, -0.2) is 5.26 Å². The maximum atomic E-state index is 11.5. The minimum absolute atomic E-state index is 0.00556. The van der Waals surface area contributed by atoms with E-state index in [1.807, 2.05) is 9.80 Å². The first-order chi connectivity index (χ1) is 13.3. The SMILES string of the molecule is CC(=O)CN1CCN(COOO)CCN(CC(=O)O)CCN(CC(=O)O)CC1. The fraction of sp³-hybridized carbons (Fsp3) is 0.812. The molecule has 0 unspecified atom stereocenters. The van der Waals surface area contributed by atoms with Gasteiger partial charge in [0.15, 0.2) is 0 Å². The van der Waals surface area contributed by atoms with Gasteiger partial charge < -0.3 is 10.2 Å². The van der Waals surface area contributed by atoms with Gasteiger partial charge in [0.25, 0.3) is 0 Å². The molecule has 12 nitrogen and oxygen atoms in total. The van der Waals surface area contributed by atoms with Crippen molar-refractivity contribution >= 4 is 17.7 Å². The Kier molecular flexibility index (Phi) is 11.7. The van der Waals surface area contributed by atoms with E-state index in [0.29, 0.717) is 52.4 Å². The Hall–Kier alpha value is -1.67. The second-order valence-electron chi connectivity index (χ2n) is 6.76. The summed E-state index contributed by atoms with van der Waals surface area (Å²) in [4.78, 5) is 45.6. The van der Waals surface area contributed by atoms with Crippen LogP contribution in [0.4, 0.5) is 0 Å². The minimum atomic E-state index is -0.967. The summed E-state index contributed by atoms with van der Waals surface area (Å²) in [5, 5.41) is 30.3. The molecule has 1 fully saturated rings. The number of rotatable bonds is 9. The second kappa shape index (κ2) is 13.5. The number of carboxylic acids is 2. The van der Waals surface area contributed by atoms with Crippen LogP contribution < -0.4 is 0 Å². The maximum Gasteiger partial charge on any atom is 0.317 e. The maximum absolute atomic E-state index is 11.5. The molecule has 1 aliphatic heterocycles. The first-order valence-corrected chi connectivity index (χ1v) is 9.05. The zero-order valence-corrected chi connectivity index (χ0v) is 16.2. The summed E-state index contributed by atoms with van der Waals surface area (Å²) in [5.41, 5.74) is 0. The summed E-state index contributed by atoms with van der Waals surface area (Å²) in [6, 6.07) is 0. The van der Waals surface area contributed by atoms with Crippen LogP contribution in [-0.2, 0) is 24.3 Å². The Balaban J connectivity index is 2.86. The van der Waals surface area contributed by atoms with Gasteiger partial charge in [0.2, 0.25) is 0 Å². The third kappa shape index (κ3) is 11.2. The van der Waals surface area contributed by atoms with Crippen LogP contribution in [0.25, 0.3) is 0 Å². The number of hydrogen-bond donors (Lipinski definition) is 3. The molecule has 162 valence electrons. The van der Waals surface area contributed by atoms with Gasteiger partial charge in [-0.1, -0.05) is 5.04 Å². The Morgan fingerprint density at radius 2 is 1.07 bits per heavy atom. The third-order valence-corrected chi connectivity index (χ3v) is 4.38. The topological polar surface area (TPSA) is 143 Å². The summed E-state index contributed by atoms with van der Waals surface area (Å²) < 4.78 is 0. The van der Waals surface area contributed by atoms with Crippen LogP contribution in [0.1, 0.15) is 6.92 Å². The highest BCUT2D eigenvalue weighted by Gasteiger charge is 2.19. The van der Waals surface area contributed by atoms with Gasteiger partial charge in [0.1, 0.15) is 12.5 Å². The van der Waals surface area contributed by atoms with Crippen molar-refractivity contribution < 1.29 is 39.8 Å². The molecule has 12 heteroatoms. The van der Waals surface area contributed by atoms with Crippen LogP contribution in [0.5, 0.6) is 0 Å². The molecule has 0 bridgehead atoms. The smallest absolute Gasteiger partial charge is 0.317 e. The van der Waals surface area contributed by atoms with Gasteiger partial charge in [-0.05, 0) is 6.92 Å². The van der Waals surface area contributed by atoms with Gasteiger partial charge in [-0.15, -0.1) is 0 Å². The van der Waals surface area contributed by atoms with Crippen LogP contribution in [0.2, 0.25) is 0 Å². The molecule has 0 amide bonds. The predicted molar refractivity (Wildman–Crippen MR) is 96.5 cm³/mol. The first kappa shape index (κ1) is 24.4. The Morgan fingerprint density at radius 3 is 1.39 bits per heavy atom. The van der Waals surface area contributed by atoms with Gasteiger partial charge in [0, 0.05) is 52.4 Å². The molecule has 0 saturated carbocycles. The monoisotopic (exact) mass is 406 g/mol. The Labute approximate surface area is 163 Å². The average molecular weight is 406 g/mol. The van der Waals surface area contributed by atoms with Crippen molar-refractivity contribution in [1.29, 1.82) is 0 Å². The molecule has 0 radical (unpaired) electrons. The van der Waals surface area contributed by atoms with Crippen LogP contribution in [0, 0.1) is 0 Å². The number of ketones is 1. The molecule has 3 N–H and O–H groups in total. The van der Waals surface area contributed by atoms with E-state index in [4.69, 9.17) is 15.5 Å². The van der Waals surface area contributed by atoms with E-state index in [0.717, 1.165) is 0 Å². The van der Waals surface area contributed by atoms with Crippen molar-refractivity contribution in [2.45, 2.75) is 6.92 Å². The van der Waals surface area contributed by atoms with E-state index >= 15 is 0 Å². The third-order valence-electron chi connectivity index (χ3n) is 4.38. The number of carboxylic acid groups (broad SMARTS) is 2. The van der Waals surface area contributed by atoms with Crippen LogP contribution >= 0.6 is 0 Å². The fourth-order valence-electron chi connectivity index (χ4n) is 2.98. The largest absolute Gasteiger partial charge is 0.480 e. The molecule has 1 aliphatic rings. The zero-order chi connectivity index (χ0) is 20.9. The van der Waals surface area contributed by atoms with Crippen molar-refractivity contribution in [1.82, 2.24) is 19.6 Å². The summed E-state index contributed by atoms with van der Waals surface area (Å²) in [5.74, 6) is -1.92. The van der Waals surface area contributed by atoms with E-state index < -0.39 is 11.9 Å². The fourth-order valence-corrected chi connectivity index (χ4v) is 2.98. The standard InChI is InChI=1S/C16H30N4O8/c1-14(21)10-17-2-3-18(11-15(22)23)4-5-19(12-16(24)25)7-9-20(8-6-17)13-27-28-26/h26H,2-13H2,1H3,(H,22,23)(H,24,25). The first-order valence-electron chi connectivity index (χ1n) is 9.05. The molecule has 28 heavy (non-hydrogen) atoms. The van der Waals surface area contributed by atoms with Gasteiger partial charge >= 0.3 is 11.9 Å². The molecule has 0 atom stereocenters. The average Bonchev–Trinajstić information content (AvgIpc) is 2.59. The molecule has 1 saturated heterocycles. The van der Waals surface area contributed by atoms with Crippen molar-refractivity contribution in [2.24, 2.45) is 0 Å². The number of carbonyl (C=O) groups is 3. The highest BCUT2D eigenvalue weighted by molar-refractivity contribution is 5.77. The lowest BCUT2D eigenvalue weighted by molar-refractivity contribution is -0.499. The van der Waals surface area contributed by atoms with Gasteiger partial charge in [-0.3, -0.25) is 34.0 Å². The van der Waals surface area contributed by atoms with E-state index in [-0.39, 0.29) is 32.1 Å². The van der Waals surface area contributed by atoms with Crippen molar-refractivity contribution in [2.75, 3.05) is 78.7 Å². The predicted octanol–water partition coefficient (Wildman–Crippen LogP) is -1.66. The van der Waals surface area contributed by atoms with E-state index in [9.17, 15) is 14.4 Å². The summed E-state index contributed by atoms with van der Waals surface area (Å²) in [6.07, 6.45) is 0. The molecule has 1 heterocycles. The highest BCUT2D eigenvalue weighted by atomic mass is 17.5. The number of Topliss-reactive ketones (excluding diaryl/α,β-unsaturated/α-hetero) is 1. The second-order valence-corrected chi connectivity index (χ2v) is 6.76. The Bertz CT molecular complexity index is 475. The molecule has 0 spiro atoms. The molecular weight excluding hydrogens is 376 g/mol. The van der Waals surface area contributed by atoms with Crippen LogP contribution in [0.15, 0.2) is 0 Å². The number of carbonyl (C=O) groups excluding carboxylic acids is 1. The van der Waals surface area contributed by atoms with E-state index in [1.54, 1.807) is 9.80 Å². The summed E-state index contributed by atoms with van der Waals surface area (Å²) >= 11 is 0. The zero-order valence-electron chi connectivity index (χ0n) is 16.2. The van der Waals surface area contributed by atoms with Crippen molar-refractivity contribution in [3.63, 3.8) is 0 Å². The minimum Gasteiger partial charge on any atom is -0.480 e. The number of hydrogen-bond acceptors (Lipinski definition) is 10. The Morgan fingerprint density at radius 1 is 0.714 bits per heavy atom. The van der Waals surface area contributed by atoms with Gasteiger partial charge in [-0.2, -0.15) is 4.89 Å². The van der Waals surface area contributed by atoms with E-state index in [1.165, 1.54) is 6.92 Å². The summed E-state index contributed by atoms with van der Waals surface area (Å²) in [6.45, 7) is 5.01. The van der Waals surface area contributed by atoms with Crippen LogP contribution in [-0.4, -0.2) is 132 Å². The normalized spacial score (nSPS) is 19.6. The van der Waals surface area contributed by atoms with Crippen molar-refractivity contribution in [3.05, 3.63) is 0 Å². The summed E-state index contributed by atoms with van der Waals surface area (Å²) in [7, 11) is 0. The molecule has 1 rings (SSSR count). The van der Waals surface area contributed by atoms with E-state index in [2.05, 4.69) is 9.93 Å². The molecule has 0 aromatic heterocycles. The van der Waals surface area contributed by atoms with Crippen molar-refractivity contribution in [3.8, 4) is 0 Å². The molecular formula is C16H30N4O8. The lowest BCUT2D eigenvalue weighted by Gasteiger charge is -2.32. The lowest BCUT2D eigenvalue weighted by atomic mass is 10.3. The number of nitrogens with zero attached hydrogens (tertiary/aromatic N) is 4. The molecule has 0 aliphatic carbocycles.